The fraction of sp³-hybridized carbons (Fsp3) is 0.933. The molecule has 4 rings (SSSR count). The molecule has 0 aliphatic heterocycles. The van der Waals surface area contributed by atoms with Crippen LogP contribution in [0.15, 0.2) is 11.6 Å². The van der Waals surface area contributed by atoms with Crippen molar-refractivity contribution in [3.05, 3.63) is 11.6 Å². The Balaban J connectivity index is 1.42. The summed E-state index contributed by atoms with van der Waals surface area (Å²) < 4.78 is 6.20. The SMILES string of the molecule is CC(C)CCC[C@@H](C)[C@H]1CC[C@H]2[C@@H]3CC=C4C[C@@H](OCCCCl)CC[C@]4(C)[C@H]3CC[C@]12C. The van der Waals surface area contributed by atoms with Crippen LogP contribution in [0.3, 0.4) is 0 Å². The standard InChI is InChI=1S/C30H51ClO/c1-21(2)8-6-9-22(3)26-12-13-27-25-11-10-23-20-24(32-19-7-18-31)14-16-29(23,4)28(25)15-17-30(26,27)5/h10,21-22,24-28H,6-9,11-20H2,1-5H3/t22-,24+,25+,26-,27+,28+,29+,30-/m1/s1. The molecule has 0 aromatic rings. The van der Waals surface area contributed by atoms with Gasteiger partial charge in [0.25, 0.3) is 0 Å². The van der Waals surface area contributed by atoms with Gasteiger partial charge in [-0.25, -0.2) is 0 Å². The summed E-state index contributed by atoms with van der Waals surface area (Å²) in [6, 6.07) is 0. The summed E-state index contributed by atoms with van der Waals surface area (Å²) in [5, 5.41) is 0. The molecule has 0 amide bonds. The smallest absolute Gasteiger partial charge is 0.0612 e. The molecule has 1 nitrogen and oxygen atoms in total. The molecule has 0 bridgehead atoms. The fourth-order valence-corrected chi connectivity index (χ4v) is 9.21. The Morgan fingerprint density at radius 3 is 2.56 bits per heavy atom. The number of hydrogen-bond acceptors (Lipinski definition) is 1. The molecule has 0 spiro atoms. The molecule has 2 heteroatoms. The topological polar surface area (TPSA) is 9.23 Å². The number of halogens is 1. The molecule has 4 aliphatic rings. The summed E-state index contributed by atoms with van der Waals surface area (Å²) in [6.07, 6.45) is 19.5. The van der Waals surface area contributed by atoms with E-state index in [0.29, 0.717) is 22.8 Å². The quantitative estimate of drug-likeness (QED) is 0.188. The van der Waals surface area contributed by atoms with Gasteiger partial charge in [0.2, 0.25) is 0 Å². The molecule has 8 atom stereocenters. The van der Waals surface area contributed by atoms with Gasteiger partial charge in [0.1, 0.15) is 0 Å². The molecule has 0 radical (unpaired) electrons. The van der Waals surface area contributed by atoms with Gasteiger partial charge >= 0.3 is 0 Å². The Kier molecular flexibility index (Phi) is 8.09. The van der Waals surface area contributed by atoms with E-state index >= 15 is 0 Å². The second-order valence-corrected chi connectivity index (χ2v) is 13.4. The molecule has 0 aromatic carbocycles. The van der Waals surface area contributed by atoms with Gasteiger partial charge in [-0.1, -0.05) is 65.5 Å². The fourth-order valence-electron chi connectivity index (χ4n) is 9.10. The van der Waals surface area contributed by atoms with Gasteiger partial charge < -0.3 is 4.74 Å². The second-order valence-electron chi connectivity index (χ2n) is 13.1. The zero-order chi connectivity index (χ0) is 22.9. The summed E-state index contributed by atoms with van der Waals surface area (Å²) in [4.78, 5) is 0. The molecule has 0 N–H and O–H groups in total. The Labute approximate surface area is 204 Å². The van der Waals surface area contributed by atoms with Crippen LogP contribution in [-0.4, -0.2) is 18.6 Å². The van der Waals surface area contributed by atoms with E-state index < -0.39 is 0 Å². The Hall–Kier alpha value is -0.0100. The molecular formula is C30H51ClO. The summed E-state index contributed by atoms with van der Waals surface area (Å²) in [5.41, 5.74) is 2.79. The van der Waals surface area contributed by atoms with Crippen molar-refractivity contribution in [3.63, 3.8) is 0 Å². The van der Waals surface area contributed by atoms with Crippen LogP contribution in [0.1, 0.15) is 112 Å². The third-order valence-electron chi connectivity index (χ3n) is 10.9. The van der Waals surface area contributed by atoms with Crippen molar-refractivity contribution in [2.75, 3.05) is 12.5 Å². The first-order valence-corrected chi connectivity index (χ1v) is 14.7. The lowest BCUT2D eigenvalue weighted by Crippen LogP contribution is -2.51. The first-order chi connectivity index (χ1) is 15.3. The minimum Gasteiger partial charge on any atom is -0.378 e. The zero-order valence-corrected chi connectivity index (χ0v) is 22.6. The molecule has 3 fully saturated rings. The summed E-state index contributed by atoms with van der Waals surface area (Å²) in [7, 11) is 0. The van der Waals surface area contributed by atoms with Crippen LogP contribution in [0.2, 0.25) is 0 Å². The maximum atomic E-state index is 6.20. The lowest BCUT2D eigenvalue weighted by molar-refractivity contribution is -0.0638. The molecular weight excluding hydrogens is 412 g/mol. The van der Waals surface area contributed by atoms with Crippen LogP contribution >= 0.6 is 11.6 Å². The normalized spacial score (nSPS) is 42.2. The number of fused-ring (bicyclic) bond motifs is 5. The van der Waals surface area contributed by atoms with Gasteiger partial charge in [0.15, 0.2) is 0 Å². The predicted octanol–water partition coefficient (Wildman–Crippen LogP) is 9.04. The van der Waals surface area contributed by atoms with Crippen molar-refractivity contribution < 1.29 is 4.74 Å². The van der Waals surface area contributed by atoms with Crippen LogP contribution in [-0.2, 0) is 4.74 Å². The lowest BCUT2D eigenvalue weighted by atomic mass is 9.47. The van der Waals surface area contributed by atoms with Crippen LogP contribution < -0.4 is 0 Å². The molecule has 184 valence electrons. The number of alkyl halides is 1. The van der Waals surface area contributed by atoms with E-state index in [-0.39, 0.29) is 0 Å². The van der Waals surface area contributed by atoms with Gasteiger partial charge in [-0.3, -0.25) is 0 Å². The van der Waals surface area contributed by atoms with E-state index in [1.54, 1.807) is 5.57 Å². The maximum absolute atomic E-state index is 6.20. The van der Waals surface area contributed by atoms with Crippen molar-refractivity contribution in [2.45, 2.75) is 118 Å². The largest absolute Gasteiger partial charge is 0.378 e. The van der Waals surface area contributed by atoms with E-state index in [4.69, 9.17) is 16.3 Å². The first-order valence-electron chi connectivity index (χ1n) is 14.2. The highest BCUT2D eigenvalue weighted by molar-refractivity contribution is 6.17. The number of rotatable bonds is 9. The monoisotopic (exact) mass is 462 g/mol. The molecule has 4 aliphatic carbocycles. The molecule has 0 heterocycles. The average molecular weight is 463 g/mol. The van der Waals surface area contributed by atoms with E-state index in [1.165, 1.54) is 70.6 Å². The Bertz CT molecular complexity index is 655. The number of hydrogen-bond donors (Lipinski definition) is 0. The number of ether oxygens (including phenoxy) is 1. The van der Waals surface area contributed by atoms with Crippen molar-refractivity contribution in [1.82, 2.24) is 0 Å². The summed E-state index contributed by atoms with van der Waals surface area (Å²) >= 11 is 5.86. The third kappa shape index (κ3) is 4.73. The highest BCUT2D eigenvalue weighted by Gasteiger charge is 2.59. The predicted molar refractivity (Wildman–Crippen MR) is 138 cm³/mol. The van der Waals surface area contributed by atoms with Gasteiger partial charge in [0, 0.05) is 12.5 Å². The van der Waals surface area contributed by atoms with Gasteiger partial charge in [-0.2, -0.15) is 0 Å². The third-order valence-corrected chi connectivity index (χ3v) is 11.2. The van der Waals surface area contributed by atoms with Gasteiger partial charge in [0.05, 0.1) is 6.10 Å². The number of allylic oxidation sites excluding steroid dienone is 1. The molecule has 32 heavy (non-hydrogen) atoms. The van der Waals surface area contributed by atoms with Crippen molar-refractivity contribution in [3.8, 4) is 0 Å². The van der Waals surface area contributed by atoms with Gasteiger partial charge in [-0.05, 0) is 104 Å². The molecule has 0 unspecified atom stereocenters. The van der Waals surface area contributed by atoms with E-state index in [2.05, 4.69) is 40.7 Å². The van der Waals surface area contributed by atoms with Crippen molar-refractivity contribution in [2.24, 2.45) is 46.3 Å². The Morgan fingerprint density at radius 1 is 1.00 bits per heavy atom. The van der Waals surface area contributed by atoms with Crippen LogP contribution in [0.25, 0.3) is 0 Å². The van der Waals surface area contributed by atoms with Crippen LogP contribution in [0, 0.1) is 46.3 Å². The maximum Gasteiger partial charge on any atom is 0.0612 e. The van der Waals surface area contributed by atoms with Crippen LogP contribution in [0.4, 0.5) is 0 Å². The average Bonchev–Trinajstić information content (AvgIpc) is 3.11. The molecule has 0 aromatic heterocycles. The summed E-state index contributed by atoms with van der Waals surface area (Å²) in [5.74, 6) is 6.26. The van der Waals surface area contributed by atoms with Crippen molar-refractivity contribution in [1.29, 1.82) is 0 Å². The highest BCUT2D eigenvalue weighted by atomic mass is 35.5. The zero-order valence-electron chi connectivity index (χ0n) is 21.8. The minimum absolute atomic E-state index is 0.436. The van der Waals surface area contributed by atoms with E-state index in [1.807, 2.05) is 0 Å². The highest BCUT2D eigenvalue weighted by Crippen LogP contribution is 2.67. The molecule has 0 saturated heterocycles. The van der Waals surface area contributed by atoms with E-state index in [9.17, 15) is 0 Å². The van der Waals surface area contributed by atoms with E-state index in [0.717, 1.165) is 48.5 Å². The molecule has 3 saturated carbocycles. The van der Waals surface area contributed by atoms with Crippen molar-refractivity contribution >= 4 is 11.6 Å². The van der Waals surface area contributed by atoms with Gasteiger partial charge in [-0.15, -0.1) is 11.6 Å². The summed E-state index contributed by atoms with van der Waals surface area (Å²) in [6.45, 7) is 13.5. The second kappa shape index (κ2) is 10.3. The van der Waals surface area contributed by atoms with Crippen LogP contribution in [0.5, 0.6) is 0 Å². The Morgan fingerprint density at radius 2 is 1.81 bits per heavy atom. The minimum atomic E-state index is 0.436. The lowest BCUT2D eigenvalue weighted by Gasteiger charge is -2.58. The first kappa shape index (κ1) is 25.1.